The van der Waals surface area contributed by atoms with Gasteiger partial charge in [-0.05, 0) is 54.8 Å². The molecule has 1 amide bonds. The first-order chi connectivity index (χ1) is 12.3. The molecule has 0 aliphatic heterocycles. The quantitative estimate of drug-likeness (QED) is 0.679. The number of aryl methyl sites for hydroxylation is 1. The van der Waals surface area contributed by atoms with Crippen molar-refractivity contribution < 1.29 is 9.90 Å². The van der Waals surface area contributed by atoms with Crippen LogP contribution in [0.3, 0.4) is 0 Å². The molecule has 0 spiro atoms. The van der Waals surface area contributed by atoms with Crippen LogP contribution in [0.15, 0.2) is 61.4 Å². The van der Waals surface area contributed by atoms with Crippen molar-refractivity contribution in [2.75, 3.05) is 6.61 Å². The lowest BCUT2D eigenvalue weighted by molar-refractivity contribution is 0.0913. The SMILES string of the molecule is O=C(NC(CO)CCc1ccncc1)c1ccc(-n2cnnc2)cc1. The van der Waals surface area contributed by atoms with Crippen molar-refractivity contribution in [1.29, 1.82) is 0 Å². The smallest absolute Gasteiger partial charge is 0.251 e. The number of nitrogens with zero attached hydrogens (tertiary/aromatic N) is 4. The minimum absolute atomic E-state index is 0.102. The molecule has 0 saturated heterocycles. The third-order valence-corrected chi connectivity index (χ3v) is 3.93. The Morgan fingerprint density at radius 3 is 2.40 bits per heavy atom. The number of aliphatic hydroxyl groups is 1. The molecule has 0 fully saturated rings. The minimum atomic E-state index is -0.293. The molecule has 1 aromatic carbocycles. The Morgan fingerprint density at radius 1 is 1.08 bits per heavy atom. The van der Waals surface area contributed by atoms with E-state index in [0.717, 1.165) is 17.7 Å². The van der Waals surface area contributed by atoms with E-state index >= 15 is 0 Å². The van der Waals surface area contributed by atoms with Crippen LogP contribution in [0.5, 0.6) is 0 Å². The lowest BCUT2D eigenvalue weighted by Gasteiger charge is -2.16. The molecular formula is C18H19N5O2. The Morgan fingerprint density at radius 2 is 1.76 bits per heavy atom. The predicted molar refractivity (Wildman–Crippen MR) is 92.3 cm³/mol. The molecule has 0 radical (unpaired) electrons. The third-order valence-electron chi connectivity index (χ3n) is 3.93. The van der Waals surface area contributed by atoms with E-state index in [2.05, 4.69) is 20.5 Å². The molecule has 2 N–H and O–H groups in total. The first-order valence-corrected chi connectivity index (χ1v) is 8.02. The van der Waals surface area contributed by atoms with Crippen molar-refractivity contribution in [3.8, 4) is 5.69 Å². The first-order valence-electron chi connectivity index (χ1n) is 8.02. The monoisotopic (exact) mass is 337 g/mol. The highest BCUT2D eigenvalue weighted by atomic mass is 16.3. The van der Waals surface area contributed by atoms with E-state index in [1.54, 1.807) is 41.7 Å². The summed E-state index contributed by atoms with van der Waals surface area (Å²) < 4.78 is 1.76. The fourth-order valence-corrected chi connectivity index (χ4v) is 2.49. The van der Waals surface area contributed by atoms with E-state index in [1.165, 1.54) is 0 Å². The summed E-state index contributed by atoms with van der Waals surface area (Å²) in [5, 5.41) is 19.9. The van der Waals surface area contributed by atoms with Crippen molar-refractivity contribution in [3.63, 3.8) is 0 Å². The summed E-state index contributed by atoms with van der Waals surface area (Å²) in [7, 11) is 0. The summed E-state index contributed by atoms with van der Waals surface area (Å²) in [5.41, 5.74) is 2.54. The Kier molecular flexibility index (Phi) is 5.48. The summed E-state index contributed by atoms with van der Waals surface area (Å²) in [5.74, 6) is -0.205. The van der Waals surface area contributed by atoms with Gasteiger partial charge in [-0.15, -0.1) is 10.2 Å². The Balaban J connectivity index is 1.58. The second-order valence-electron chi connectivity index (χ2n) is 5.66. The molecule has 0 aliphatic carbocycles. The van der Waals surface area contributed by atoms with Gasteiger partial charge in [-0.3, -0.25) is 14.3 Å². The van der Waals surface area contributed by atoms with Crippen molar-refractivity contribution >= 4 is 5.91 Å². The molecule has 2 aromatic heterocycles. The van der Waals surface area contributed by atoms with E-state index in [-0.39, 0.29) is 18.6 Å². The van der Waals surface area contributed by atoms with Gasteiger partial charge in [-0.1, -0.05) is 0 Å². The molecule has 128 valence electrons. The van der Waals surface area contributed by atoms with Gasteiger partial charge < -0.3 is 10.4 Å². The predicted octanol–water partition coefficient (Wildman–Crippen LogP) is 1.39. The van der Waals surface area contributed by atoms with Crippen LogP contribution in [0.25, 0.3) is 5.69 Å². The third kappa shape index (κ3) is 4.48. The second-order valence-corrected chi connectivity index (χ2v) is 5.66. The van der Waals surface area contributed by atoms with Gasteiger partial charge in [0, 0.05) is 23.6 Å². The highest BCUT2D eigenvalue weighted by Crippen LogP contribution is 2.10. The molecule has 0 saturated carbocycles. The number of pyridine rings is 1. The van der Waals surface area contributed by atoms with Crippen molar-refractivity contribution in [2.45, 2.75) is 18.9 Å². The highest BCUT2D eigenvalue weighted by molar-refractivity contribution is 5.94. The summed E-state index contributed by atoms with van der Waals surface area (Å²) in [6.07, 6.45) is 8.08. The molecule has 1 unspecified atom stereocenters. The number of hydrogen-bond donors (Lipinski definition) is 2. The second kappa shape index (κ2) is 8.16. The van der Waals surface area contributed by atoms with Crippen LogP contribution in [0.1, 0.15) is 22.3 Å². The number of aromatic nitrogens is 4. The number of nitrogens with one attached hydrogen (secondary N) is 1. The maximum atomic E-state index is 12.4. The van der Waals surface area contributed by atoms with E-state index in [4.69, 9.17) is 0 Å². The molecule has 1 atom stereocenters. The van der Waals surface area contributed by atoms with Crippen LogP contribution in [0.2, 0.25) is 0 Å². The maximum Gasteiger partial charge on any atom is 0.251 e. The molecule has 3 rings (SSSR count). The standard InChI is InChI=1S/C18H19N5O2/c24-11-16(4-1-14-7-9-19-10-8-14)22-18(25)15-2-5-17(6-3-15)23-12-20-21-13-23/h2-3,5-10,12-13,16,24H,1,4,11H2,(H,22,25). The van der Waals surface area contributed by atoms with Crippen molar-refractivity contribution in [1.82, 2.24) is 25.1 Å². The van der Waals surface area contributed by atoms with Gasteiger partial charge in [-0.25, -0.2) is 0 Å². The molecule has 7 nitrogen and oxygen atoms in total. The van der Waals surface area contributed by atoms with Gasteiger partial charge in [0.05, 0.1) is 12.6 Å². The molecule has 7 heteroatoms. The van der Waals surface area contributed by atoms with E-state index in [1.807, 2.05) is 24.3 Å². The number of rotatable bonds is 7. The number of amides is 1. The van der Waals surface area contributed by atoms with E-state index in [0.29, 0.717) is 12.0 Å². The van der Waals surface area contributed by atoms with Gasteiger partial charge in [0.25, 0.3) is 5.91 Å². The van der Waals surface area contributed by atoms with Crippen LogP contribution in [-0.4, -0.2) is 43.4 Å². The number of carbonyl (C=O) groups is 1. The normalized spacial score (nSPS) is 11.9. The molecule has 0 bridgehead atoms. The highest BCUT2D eigenvalue weighted by Gasteiger charge is 2.13. The average Bonchev–Trinajstić information content (AvgIpc) is 3.20. The summed E-state index contributed by atoms with van der Waals surface area (Å²) >= 11 is 0. The zero-order valence-electron chi connectivity index (χ0n) is 13.6. The molecule has 25 heavy (non-hydrogen) atoms. The average molecular weight is 337 g/mol. The van der Waals surface area contributed by atoms with Crippen LogP contribution >= 0.6 is 0 Å². The maximum absolute atomic E-state index is 12.4. The zero-order valence-corrected chi connectivity index (χ0v) is 13.6. The van der Waals surface area contributed by atoms with E-state index < -0.39 is 0 Å². The molecule has 3 aromatic rings. The van der Waals surface area contributed by atoms with Crippen LogP contribution in [-0.2, 0) is 6.42 Å². The zero-order chi connectivity index (χ0) is 17.5. The Labute approximate surface area is 145 Å². The van der Waals surface area contributed by atoms with Crippen LogP contribution < -0.4 is 5.32 Å². The van der Waals surface area contributed by atoms with Crippen molar-refractivity contribution in [3.05, 3.63) is 72.6 Å². The summed E-state index contributed by atoms with van der Waals surface area (Å²) in [6.45, 7) is -0.102. The number of hydrogen-bond acceptors (Lipinski definition) is 5. The van der Waals surface area contributed by atoms with Gasteiger partial charge in [0.1, 0.15) is 12.7 Å². The minimum Gasteiger partial charge on any atom is -0.394 e. The Bertz CT molecular complexity index is 788. The fraction of sp³-hybridized carbons (Fsp3) is 0.222. The van der Waals surface area contributed by atoms with Gasteiger partial charge in [0.2, 0.25) is 0 Å². The van der Waals surface area contributed by atoms with Crippen molar-refractivity contribution in [2.24, 2.45) is 0 Å². The number of benzene rings is 1. The first kappa shape index (κ1) is 16.8. The fourth-order valence-electron chi connectivity index (χ4n) is 2.49. The lowest BCUT2D eigenvalue weighted by atomic mass is 10.1. The summed E-state index contributed by atoms with van der Waals surface area (Å²) in [6, 6.07) is 10.7. The van der Waals surface area contributed by atoms with Crippen LogP contribution in [0.4, 0.5) is 0 Å². The Hall–Kier alpha value is -3.06. The molecule has 0 aliphatic rings. The van der Waals surface area contributed by atoms with Crippen LogP contribution in [0, 0.1) is 0 Å². The lowest BCUT2D eigenvalue weighted by Crippen LogP contribution is -2.37. The van der Waals surface area contributed by atoms with Gasteiger partial charge >= 0.3 is 0 Å². The largest absolute Gasteiger partial charge is 0.394 e. The molecule has 2 heterocycles. The van der Waals surface area contributed by atoms with Gasteiger partial charge in [0.15, 0.2) is 0 Å². The van der Waals surface area contributed by atoms with E-state index in [9.17, 15) is 9.90 Å². The number of carbonyl (C=O) groups excluding carboxylic acids is 1. The molecular weight excluding hydrogens is 318 g/mol. The number of aliphatic hydroxyl groups excluding tert-OH is 1. The topological polar surface area (TPSA) is 92.9 Å². The van der Waals surface area contributed by atoms with Gasteiger partial charge in [-0.2, -0.15) is 0 Å². The summed E-state index contributed by atoms with van der Waals surface area (Å²) in [4.78, 5) is 16.3.